The molecular formula is C21H21F3N4O3S. The van der Waals surface area contributed by atoms with Crippen LogP contribution in [0.1, 0.15) is 24.4 Å². The lowest BCUT2D eigenvalue weighted by molar-refractivity contribution is -0.137. The first-order valence-corrected chi connectivity index (χ1v) is 11.4. The van der Waals surface area contributed by atoms with E-state index in [0.29, 0.717) is 26.2 Å². The van der Waals surface area contributed by atoms with Crippen molar-refractivity contribution < 1.29 is 26.1 Å². The van der Waals surface area contributed by atoms with Crippen LogP contribution >= 0.6 is 0 Å². The van der Waals surface area contributed by atoms with Gasteiger partial charge in [0.2, 0.25) is 21.7 Å². The van der Waals surface area contributed by atoms with Crippen LogP contribution in [0.2, 0.25) is 0 Å². The lowest BCUT2D eigenvalue weighted by Crippen LogP contribution is -2.49. The third kappa shape index (κ3) is 4.54. The molecule has 1 fully saturated rings. The highest BCUT2D eigenvalue weighted by molar-refractivity contribution is 7.89. The van der Waals surface area contributed by atoms with E-state index in [0.717, 1.165) is 12.1 Å². The Hall–Kier alpha value is -2.76. The molecule has 11 heteroatoms. The maximum absolute atomic E-state index is 13.0. The summed E-state index contributed by atoms with van der Waals surface area (Å²) in [5, 5.41) is 3.83. The third-order valence-corrected chi connectivity index (χ3v) is 7.36. The molecule has 0 saturated carbocycles. The van der Waals surface area contributed by atoms with Crippen LogP contribution in [0.15, 0.2) is 64.0 Å². The average molecular weight is 466 g/mol. The number of halogens is 3. The second kappa shape index (κ2) is 8.64. The van der Waals surface area contributed by atoms with E-state index < -0.39 is 21.8 Å². The van der Waals surface area contributed by atoms with Crippen molar-refractivity contribution in [2.45, 2.75) is 24.0 Å². The Balaban J connectivity index is 1.44. The van der Waals surface area contributed by atoms with Gasteiger partial charge in [0.1, 0.15) is 0 Å². The van der Waals surface area contributed by atoms with Crippen molar-refractivity contribution in [3.63, 3.8) is 0 Å². The summed E-state index contributed by atoms with van der Waals surface area (Å²) in [6.07, 6.45) is -4.46. The fraction of sp³-hybridized carbons (Fsp3) is 0.333. The lowest BCUT2D eigenvalue weighted by atomic mass is 10.1. The molecule has 0 N–H and O–H groups in total. The molecule has 0 radical (unpaired) electrons. The summed E-state index contributed by atoms with van der Waals surface area (Å²) in [4.78, 5) is 6.53. The molecule has 32 heavy (non-hydrogen) atoms. The van der Waals surface area contributed by atoms with E-state index in [1.165, 1.54) is 16.4 Å². The highest BCUT2D eigenvalue weighted by atomic mass is 32.2. The molecule has 4 rings (SSSR count). The van der Waals surface area contributed by atoms with Gasteiger partial charge in [-0.25, -0.2) is 8.42 Å². The zero-order chi connectivity index (χ0) is 22.9. The van der Waals surface area contributed by atoms with Gasteiger partial charge in [-0.2, -0.15) is 22.5 Å². The summed E-state index contributed by atoms with van der Waals surface area (Å²) in [6.45, 7) is 3.35. The number of hydrogen-bond acceptors (Lipinski definition) is 6. The Morgan fingerprint density at radius 2 is 1.69 bits per heavy atom. The highest BCUT2D eigenvalue weighted by Crippen LogP contribution is 2.32. The molecule has 1 aliphatic rings. The largest absolute Gasteiger partial charge is 0.416 e. The molecule has 3 aromatic rings. The first-order valence-electron chi connectivity index (χ1n) is 9.97. The molecule has 0 spiro atoms. The summed E-state index contributed by atoms with van der Waals surface area (Å²) in [7, 11) is -3.56. The Labute approximate surface area is 183 Å². The quantitative estimate of drug-likeness (QED) is 0.569. The molecule has 1 saturated heterocycles. The fourth-order valence-corrected chi connectivity index (χ4v) is 5.03. The first kappa shape index (κ1) is 22.4. The Bertz CT molecular complexity index is 1170. The molecule has 0 amide bonds. The number of benzene rings is 2. The van der Waals surface area contributed by atoms with Gasteiger partial charge in [-0.1, -0.05) is 35.5 Å². The van der Waals surface area contributed by atoms with Crippen LogP contribution in [-0.4, -0.2) is 53.9 Å². The van der Waals surface area contributed by atoms with Crippen molar-refractivity contribution in [3.05, 3.63) is 66.1 Å². The Morgan fingerprint density at radius 1 is 1.00 bits per heavy atom. The maximum Gasteiger partial charge on any atom is 0.416 e. The minimum Gasteiger partial charge on any atom is -0.337 e. The molecule has 1 atom stereocenters. The molecule has 1 aromatic heterocycles. The minimum atomic E-state index is -4.46. The number of hydrogen-bond donors (Lipinski definition) is 0. The van der Waals surface area contributed by atoms with Crippen LogP contribution < -0.4 is 0 Å². The predicted molar refractivity (Wildman–Crippen MR) is 110 cm³/mol. The van der Waals surface area contributed by atoms with E-state index in [9.17, 15) is 21.6 Å². The van der Waals surface area contributed by atoms with Crippen molar-refractivity contribution >= 4 is 10.0 Å². The molecule has 2 heterocycles. The third-order valence-electron chi connectivity index (χ3n) is 5.45. The number of nitrogens with zero attached hydrogens (tertiary/aromatic N) is 4. The maximum atomic E-state index is 13.0. The number of sulfonamides is 1. The average Bonchev–Trinajstić information content (AvgIpc) is 3.29. The van der Waals surface area contributed by atoms with Gasteiger partial charge >= 0.3 is 6.18 Å². The van der Waals surface area contributed by atoms with Crippen LogP contribution in [0, 0.1) is 0 Å². The Kier molecular flexibility index (Phi) is 6.06. The summed E-state index contributed by atoms with van der Waals surface area (Å²) < 4.78 is 71.2. The van der Waals surface area contributed by atoms with Crippen molar-refractivity contribution in [1.82, 2.24) is 19.3 Å². The summed E-state index contributed by atoms with van der Waals surface area (Å²) >= 11 is 0. The SMILES string of the molecule is C[C@@H](c1nc(-c2cccc(C(F)(F)F)c2)no1)N1CCN(S(=O)(=O)c2ccccc2)CC1. The summed E-state index contributed by atoms with van der Waals surface area (Å²) in [5.41, 5.74) is -0.578. The van der Waals surface area contributed by atoms with Crippen LogP contribution in [0.25, 0.3) is 11.4 Å². The zero-order valence-corrected chi connectivity index (χ0v) is 18.0. The van der Waals surface area contributed by atoms with E-state index >= 15 is 0 Å². The first-order chi connectivity index (χ1) is 15.2. The van der Waals surface area contributed by atoms with Crippen molar-refractivity contribution in [2.24, 2.45) is 0 Å². The highest BCUT2D eigenvalue weighted by Gasteiger charge is 2.33. The van der Waals surface area contributed by atoms with Gasteiger partial charge in [-0.15, -0.1) is 0 Å². The van der Waals surface area contributed by atoms with Gasteiger partial charge in [0, 0.05) is 31.7 Å². The number of piperazine rings is 1. The predicted octanol–water partition coefficient (Wildman–Crippen LogP) is 3.82. The monoisotopic (exact) mass is 466 g/mol. The summed E-state index contributed by atoms with van der Waals surface area (Å²) in [6, 6.07) is 12.7. The second-order valence-electron chi connectivity index (χ2n) is 7.46. The smallest absolute Gasteiger partial charge is 0.337 e. The van der Waals surface area contributed by atoms with E-state index in [4.69, 9.17) is 4.52 Å². The zero-order valence-electron chi connectivity index (χ0n) is 17.2. The van der Waals surface area contributed by atoms with Crippen LogP contribution in [0.5, 0.6) is 0 Å². The number of rotatable bonds is 5. The van der Waals surface area contributed by atoms with Crippen LogP contribution in [0.4, 0.5) is 13.2 Å². The standard InChI is InChI=1S/C21H21F3N4O3S/c1-15(20-25-19(26-31-20)16-6-5-7-17(14-16)21(22,23)24)27-10-12-28(13-11-27)32(29,30)18-8-3-2-4-9-18/h2-9,14-15H,10-13H2,1H3/t15-/m0/s1. The van der Waals surface area contributed by atoms with E-state index in [-0.39, 0.29) is 28.2 Å². The molecule has 1 aliphatic heterocycles. The van der Waals surface area contributed by atoms with Gasteiger partial charge in [0.25, 0.3) is 0 Å². The fourth-order valence-electron chi connectivity index (χ4n) is 3.59. The second-order valence-corrected chi connectivity index (χ2v) is 9.40. The van der Waals surface area contributed by atoms with Crippen LogP contribution in [0.3, 0.4) is 0 Å². The van der Waals surface area contributed by atoms with E-state index in [1.807, 2.05) is 11.8 Å². The normalized spacial score (nSPS) is 17.4. The van der Waals surface area contributed by atoms with Crippen molar-refractivity contribution in [1.29, 1.82) is 0 Å². The van der Waals surface area contributed by atoms with Gasteiger partial charge in [-0.05, 0) is 31.2 Å². The minimum absolute atomic E-state index is 0.0724. The van der Waals surface area contributed by atoms with Gasteiger partial charge in [0.05, 0.1) is 16.5 Å². The number of aromatic nitrogens is 2. The van der Waals surface area contributed by atoms with Gasteiger partial charge < -0.3 is 4.52 Å². The molecular weight excluding hydrogens is 445 g/mol. The molecule has 0 unspecified atom stereocenters. The molecule has 170 valence electrons. The summed E-state index contributed by atoms with van der Waals surface area (Å²) in [5.74, 6) is 0.333. The van der Waals surface area contributed by atoms with Crippen molar-refractivity contribution in [3.8, 4) is 11.4 Å². The topological polar surface area (TPSA) is 79.5 Å². The lowest BCUT2D eigenvalue weighted by Gasteiger charge is -2.36. The number of alkyl halides is 3. The molecule has 0 aliphatic carbocycles. The van der Waals surface area contributed by atoms with Crippen LogP contribution in [-0.2, 0) is 16.2 Å². The molecule has 0 bridgehead atoms. The molecule has 2 aromatic carbocycles. The van der Waals surface area contributed by atoms with E-state index in [2.05, 4.69) is 10.1 Å². The van der Waals surface area contributed by atoms with Crippen molar-refractivity contribution in [2.75, 3.05) is 26.2 Å². The molecule has 7 nitrogen and oxygen atoms in total. The Morgan fingerprint density at radius 3 is 2.34 bits per heavy atom. The van der Waals surface area contributed by atoms with Gasteiger partial charge in [-0.3, -0.25) is 4.90 Å². The van der Waals surface area contributed by atoms with E-state index in [1.54, 1.807) is 30.3 Å². The van der Waals surface area contributed by atoms with Gasteiger partial charge in [0.15, 0.2) is 0 Å².